The molecule has 0 aliphatic carbocycles. The molecule has 1 aliphatic rings. The number of likely N-dealkylation sites (tertiary alicyclic amines) is 1. The van der Waals surface area contributed by atoms with Crippen molar-refractivity contribution in [3.63, 3.8) is 0 Å². The Labute approximate surface area is 95.2 Å². The summed E-state index contributed by atoms with van der Waals surface area (Å²) in [5.74, 6) is 0.882. The maximum absolute atomic E-state index is 5.75. The highest BCUT2D eigenvalue weighted by molar-refractivity contribution is 4.78. The van der Waals surface area contributed by atoms with Crippen LogP contribution in [0.15, 0.2) is 0 Å². The zero-order valence-electron chi connectivity index (χ0n) is 10.7. The average Bonchev–Trinajstić information content (AvgIpc) is 2.18. The molecule has 1 fully saturated rings. The van der Waals surface area contributed by atoms with Crippen LogP contribution in [0, 0.1) is 5.92 Å². The van der Waals surface area contributed by atoms with Crippen molar-refractivity contribution in [2.24, 2.45) is 11.7 Å². The lowest BCUT2D eigenvalue weighted by Crippen LogP contribution is -2.42. The number of rotatable bonds is 5. The lowest BCUT2D eigenvalue weighted by Gasteiger charge is -2.38. The summed E-state index contributed by atoms with van der Waals surface area (Å²) in [5, 5.41) is 0. The fourth-order valence-corrected chi connectivity index (χ4v) is 2.52. The van der Waals surface area contributed by atoms with Crippen molar-refractivity contribution in [3.8, 4) is 0 Å². The normalized spacial score (nSPS) is 30.4. The quantitative estimate of drug-likeness (QED) is 0.710. The highest BCUT2D eigenvalue weighted by Crippen LogP contribution is 2.22. The fourth-order valence-electron chi connectivity index (χ4n) is 2.52. The molecule has 90 valence electrons. The van der Waals surface area contributed by atoms with Gasteiger partial charge in [-0.25, -0.2) is 0 Å². The van der Waals surface area contributed by atoms with E-state index in [1.807, 2.05) is 0 Å². The third-order valence-electron chi connectivity index (χ3n) is 3.86. The van der Waals surface area contributed by atoms with Crippen LogP contribution in [0.5, 0.6) is 0 Å². The predicted octanol–water partition coefficient (Wildman–Crippen LogP) is 2.62. The Kier molecular flexibility index (Phi) is 5.62. The van der Waals surface area contributed by atoms with Gasteiger partial charge in [-0.1, -0.05) is 13.3 Å². The van der Waals surface area contributed by atoms with Gasteiger partial charge in [0.25, 0.3) is 0 Å². The van der Waals surface area contributed by atoms with Gasteiger partial charge in [0, 0.05) is 12.1 Å². The van der Waals surface area contributed by atoms with Gasteiger partial charge in [-0.15, -0.1) is 0 Å². The summed E-state index contributed by atoms with van der Waals surface area (Å²) in [6.07, 6.45) is 6.59. The molecule has 0 aromatic heterocycles. The maximum atomic E-state index is 5.75. The molecule has 1 rings (SSSR count). The Morgan fingerprint density at radius 3 is 2.73 bits per heavy atom. The van der Waals surface area contributed by atoms with Crippen molar-refractivity contribution in [2.45, 2.75) is 65.0 Å². The zero-order valence-corrected chi connectivity index (χ0v) is 10.7. The number of nitrogens with two attached hydrogens (primary N) is 1. The largest absolute Gasteiger partial charge is 0.328 e. The summed E-state index contributed by atoms with van der Waals surface area (Å²) >= 11 is 0. The van der Waals surface area contributed by atoms with Crippen molar-refractivity contribution in [2.75, 3.05) is 13.1 Å². The van der Waals surface area contributed by atoms with Gasteiger partial charge < -0.3 is 10.6 Å². The monoisotopic (exact) mass is 212 g/mol. The molecule has 3 atom stereocenters. The highest BCUT2D eigenvalue weighted by Gasteiger charge is 2.23. The topological polar surface area (TPSA) is 29.3 Å². The van der Waals surface area contributed by atoms with Gasteiger partial charge in [-0.05, 0) is 58.5 Å². The second kappa shape index (κ2) is 6.49. The van der Waals surface area contributed by atoms with Crippen molar-refractivity contribution in [1.82, 2.24) is 4.90 Å². The summed E-state index contributed by atoms with van der Waals surface area (Å²) in [5.41, 5.74) is 5.75. The van der Waals surface area contributed by atoms with Crippen LogP contribution in [0.25, 0.3) is 0 Å². The van der Waals surface area contributed by atoms with Gasteiger partial charge >= 0.3 is 0 Å². The Bertz CT molecular complexity index is 168. The van der Waals surface area contributed by atoms with Gasteiger partial charge in [-0.3, -0.25) is 0 Å². The third kappa shape index (κ3) is 4.52. The lowest BCUT2D eigenvalue weighted by molar-refractivity contribution is 0.111. The van der Waals surface area contributed by atoms with Crippen LogP contribution >= 0.6 is 0 Å². The summed E-state index contributed by atoms with van der Waals surface area (Å²) in [4.78, 5) is 2.66. The molecule has 0 aromatic rings. The van der Waals surface area contributed by atoms with E-state index in [2.05, 4.69) is 25.7 Å². The van der Waals surface area contributed by atoms with E-state index in [-0.39, 0.29) is 0 Å². The minimum absolute atomic E-state index is 0.378. The summed E-state index contributed by atoms with van der Waals surface area (Å²) in [7, 11) is 0. The Morgan fingerprint density at radius 1 is 1.33 bits per heavy atom. The van der Waals surface area contributed by atoms with Crippen molar-refractivity contribution in [3.05, 3.63) is 0 Å². The Balaban J connectivity index is 2.14. The van der Waals surface area contributed by atoms with Crippen LogP contribution in [-0.4, -0.2) is 30.1 Å². The van der Waals surface area contributed by atoms with Crippen molar-refractivity contribution in [1.29, 1.82) is 0 Å². The van der Waals surface area contributed by atoms with E-state index in [1.165, 1.54) is 45.2 Å². The smallest absolute Gasteiger partial charge is 0.00925 e. The van der Waals surface area contributed by atoms with Crippen LogP contribution in [0.3, 0.4) is 0 Å². The number of unbranched alkanes of at least 4 members (excludes halogenated alkanes) is 1. The first-order chi connectivity index (χ1) is 7.11. The molecule has 0 spiro atoms. The molecule has 15 heavy (non-hydrogen) atoms. The van der Waals surface area contributed by atoms with Gasteiger partial charge in [0.05, 0.1) is 0 Å². The van der Waals surface area contributed by atoms with E-state index in [1.54, 1.807) is 0 Å². The minimum Gasteiger partial charge on any atom is -0.328 e. The molecule has 1 heterocycles. The lowest BCUT2D eigenvalue weighted by atomic mass is 9.92. The SMILES string of the molecule is CC(N)CCCCN1CCCC(C)C1C. The van der Waals surface area contributed by atoms with E-state index >= 15 is 0 Å². The molecule has 2 nitrogen and oxygen atoms in total. The van der Waals surface area contributed by atoms with E-state index in [9.17, 15) is 0 Å². The van der Waals surface area contributed by atoms with Gasteiger partial charge in [0.2, 0.25) is 0 Å². The average molecular weight is 212 g/mol. The van der Waals surface area contributed by atoms with Crippen LogP contribution in [0.2, 0.25) is 0 Å². The molecule has 0 bridgehead atoms. The van der Waals surface area contributed by atoms with Gasteiger partial charge in [0.1, 0.15) is 0 Å². The summed E-state index contributed by atoms with van der Waals surface area (Å²) in [6, 6.07) is 1.16. The fraction of sp³-hybridized carbons (Fsp3) is 1.00. The van der Waals surface area contributed by atoms with Crippen LogP contribution < -0.4 is 5.73 Å². The first kappa shape index (κ1) is 13.0. The van der Waals surface area contributed by atoms with Gasteiger partial charge in [0.15, 0.2) is 0 Å². The van der Waals surface area contributed by atoms with Crippen LogP contribution in [0.1, 0.15) is 52.9 Å². The second-order valence-corrected chi connectivity index (χ2v) is 5.37. The van der Waals surface area contributed by atoms with E-state index < -0.39 is 0 Å². The molecule has 0 amide bonds. The molecule has 3 unspecified atom stereocenters. The molecule has 1 saturated heterocycles. The standard InChI is InChI=1S/C13H28N2/c1-11-7-6-10-15(13(11)3)9-5-4-8-12(2)14/h11-13H,4-10,14H2,1-3H3. The third-order valence-corrected chi connectivity index (χ3v) is 3.86. The molecular weight excluding hydrogens is 184 g/mol. The molecule has 2 heteroatoms. The Morgan fingerprint density at radius 2 is 2.07 bits per heavy atom. The Hall–Kier alpha value is -0.0800. The number of hydrogen-bond donors (Lipinski definition) is 1. The summed E-state index contributed by atoms with van der Waals surface area (Å²) in [6.45, 7) is 9.46. The van der Waals surface area contributed by atoms with E-state index in [0.717, 1.165) is 12.0 Å². The number of hydrogen-bond acceptors (Lipinski definition) is 2. The van der Waals surface area contributed by atoms with Crippen molar-refractivity contribution < 1.29 is 0 Å². The minimum atomic E-state index is 0.378. The predicted molar refractivity (Wildman–Crippen MR) is 66.9 cm³/mol. The van der Waals surface area contributed by atoms with Crippen molar-refractivity contribution >= 4 is 0 Å². The van der Waals surface area contributed by atoms with Gasteiger partial charge in [-0.2, -0.15) is 0 Å². The van der Waals surface area contributed by atoms with E-state index in [4.69, 9.17) is 5.73 Å². The number of piperidine rings is 1. The number of nitrogens with zero attached hydrogens (tertiary/aromatic N) is 1. The molecule has 0 radical (unpaired) electrons. The van der Waals surface area contributed by atoms with Crippen LogP contribution in [0.4, 0.5) is 0 Å². The molecule has 1 aliphatic heterocycles. The summed E-state index contributed by atoms with van der Waals surface area (Å²) < 4.78 is 0. The first-order valence-electron chi connectivity index (χ1n) is 6.61. The zero-order chi connectivity index (χ0) is 11.3. The maximum Gasteiger partial charge on any atom is 0.00925 e. The van der Waals surface area contributed by atoms with E-state index in [0.29, 0.717) is 6.04 Å². The molecule has 2 N–H and O–H groups in total. The molecule has 0 aromatic carbocycles. The second-order valence-electron chi connectivity index (χ2n) is 5.37. The highest BCUT2D eigenvalue weighted by atomic mass is 15.2. The molecular formula is C13H28N2. The van der Waals surface area contributed by atoms with Crippen LogP contribution in [-0.2, 0) is 0 Å². The first-order valence-corrected chi connectivity index (χ1v) is 6.61. The molecule has 0 saturated carbocycles.